The molecule has 2 heterocycles. The van der Waals surface area contributed by atoms with E-state index in [-0.39, 0.29) is 6.04 Å². The lowest BCUT2D eigenvalue weighted by atomic mass is 10.2. The lowest BCUT2D eigenvalue weighted by molar-refractivity contribution is 0.111. The van der Waals surface area contributed by atoms with E-state index >= 15 is 0 Å². The van der Waals surface area contributed by atoms with Crippen LogP contribution in [0, 0.1) is 0 Å². The van der Waals surface area contributed by atoms with E-state index in [0.29, 0.717) is 6.61 Å². The molecule has 1 aliphatic rings. The second-order valence-corrected chi connectivity index (χ2v) is 3.91. The molecule has 0 saturated carbocycles. The number of carbonyl (C=O) groups excluding carboxylic acids is 1. The molecule has 1 aromatic heterocycles. The number of aldehydes is 1. The number of hydrogen-bond acceptors (Lipinski definition) is 2. The molecule has 0 bridgehead atoms. The van der Waals surface area contributed by atoms with Crippen molar-refractivity contribution in [3.05, 3.63) is 30.0 Å². The quantitative estimate of drug-likeness (QED) is 0.663. The van der Waals surface area contributed by atoms with Crippen molar-refractivity contribution in [1.82, 2.24) is 4.57 Å². The molecule has 1 aliphatic heterocycles. The highest BCUT2D eigenvalue weighted by atomic mass is 16.5. The Bertz CT molecular complexity index is 542. The standard InChI is InChI=1S/C12H11NO2/c1-8-7-15-11-4-2-3-9-5-10(6-14)13(8)12(9)11/h2-6,8H,7H2,1H3. The first-order chi connectivity index (χ1) is 7.31. The van der Waals surface area contributed by atoms with Crippen molar-refractivity contribution in [3.8, 4) is 5.75 Å². The zero-order valence-corrected chi connectivity index (χ0v) is 8.43. The number of benzene rings is 1. The Labute approximate surface area is 87.3 Å². The molecule has 2 aromatic rings. The molecule has 0 spiro atoms. The first kappa shape index (κ1) is 8.53. The summed E-state index contributed by atoms with van der Waals surface area (Å²) in [5, 5.41) is 1.07. The van der Waals surface area contributed by atoms with E-state index in [1.165, 1.54) is 0 Å². The van der Waals surface area contributed by atoms with E-state index < -0.39 is 0 Å². The molecule has 1 aromatic carbocycles. The van der Waals surface area contributed by atoms with Gasteiger partial charge in [0.25, 0.3) is 0 Å². The van der Waals surface area contributed by atoms with Gasteiger partial charge in [-0.15, -0.1) is 0 Å². The Kier molecular flexibility index (Phi) is 1.63. The number of aromatic nitrogens is 1. The summed E-state index contributed by atoms with van der Waals surface area (Å²) in [5.74, 6) is 0.874. The summed E-state index contributed by atoms with van der Waals surface area (Å²) < 4.78 is 7.69. The Morgan fingerprint density at radius 3 is 3.20 bits per heavy atom. The molecule has 3 heteroatoms. The number of carbonyl (C=O) groups is 1. The van der Waals surface area contributed by atoms with Gasteiger partial charge in [-0.05, 0) is 19.1 Å². The van der Waals surface area contributed by atoms with Gasteiger partial charge in [0.05, 0.1) is 17.3 Å². The van der Waals surface area contributed by atoms with E-state index in [4.69, 9.17) is 4.74 Å². The van der Waals surface area contributed by atoms with Gasteiger partial charge in [-0.1, -0.05) is 12.1 Å². The summed E-state index contributed by atoms with van der Waals surface area (Å²) >= 11 is 0. The number of para-hydroxylation sites is 1. The molecule has 3 rings (SSSR count). The van der Waals surface area contributed by atoms with E-state index in [9.17, 15) is 4.79 Å². The normalized spacial score (nSPS) is 18.9. The van der Waals surface area contributed by atoms with Crippen LogP contribution in [0.2, 0.25) is 0 Å². The second-order valence-electron chi connectivity index (χ2n) is 3.91. The van der Waals surface area contributed by atoms with Gasteiger partial charge in [0.1, 0.15) is 12.4 Å². The molecule has 0 amide bonds. The van der Waals surface area contributed by atoms with Crippen LogP contribution in [0.25, 0.3) is 10.9 Å². The van der Waals surface area contributed by atoms with Gasteiger partial charge in [0.15, 0.2) is 6.29 Å². The summed E-state index contributed by atoms with van der Waals surface area (Å²) in [7, 11) is 0. The van der Waals surface area contributed by atoms with Gasteiger partial charge < -0.3 is 9.30 Å². The predicted molar refractivity (Wildman–Crippen MR) is 57.5 cm³/mol. The van der Waals surface area contributed by atoms with Crippen molar-refractivity contribution < 1.29 is 9.53 Å². The summed E-state index contributed by atoms with van der Waals surface area (Å²) in [6.07, 6.45) is 0.908. The number of rotatable bonds is 1. The topological polar surface area (TPSA) is 31.2 Å². The minimum Gasteiger partial charge on any atom is -0.489 e. The third-order valence-electron chi connectivity index (χ3n) is 2.89. The van der Waals surface area contributed by atoms with E-state index in [1.807, 2.05) is 24.3 Å². The second kappa shape index (κ2) is 2.86. The fourth-order valence-corrected chi connectivity index (χ4v) is 2.24. The van der Waals surface area contributed by atoms with Gasteiger partial charge in [0.2, 0.25) is 0 Å². The van der Waals surface area contributed by atoms with Gasteiger partial charge in [0, 0.05) is 5.39 Å². The number of hydrogen-bond donors (Lipinski definition) is 0. The van der Waals surface area contributed by atoms with Crippen LogP contribution in [0.1, 0.15) is 23.5 Å². The largest absolute Gasteiger partial charge is 0.489 e. The fourth-order valence-electron chi connectivity index (χ4n) is 2.24. The first-order valence-electron chi connectivity index (χ1n) is 5.03. The molecule has 0 N–H and O–H groups in total. The molecule has 76 valence electrons. The van der Waals surface area contributed by atoms with Crippen molar-refractivity contribution >= 4 is 17.2 Å². The molecule has 1 atom stereocenters. The van der Waals surface area contributed by atoms with Crippen molar-refractivity contribution in [2.24, 2.45) is 0 Å². The molecule has 1 unspecified atom stereocenters. The van der Waals surface area contributed by atoms with E-state index in [0.717, 1.165) is 28.6 Å². The maximum Gasteiger partial charge on any atom is 0.166 e. The Balaban J connectivity index is 2.47. The molecular weight excluding hydrogens is 190 g/mol. The highest BCUT2D eigenvalue weighted by Gasteiger charge is 2.21. The Morgan fingerprint density at radius 2 is 2.40 bits per heavy atom. The highest BCUT2D eigenvalue weighted by Crippen LogP contribution is 2.34. The van der Waals surface area contributed by atoms with Gasteiger partial charge >= 0.3 is 0 Å². The van der Waals surface area contributed by atoms with Crippen LogP contribution >= 0.6 is 0 Å². The molecular formula is C12H11NO2. The van der Waals surface area contributed by atoms with Crippen LogP contribution in [-0.2, 0) is 0 Å². The highest BCUT2D eigenvalue weighted by molar-refractivity contribution is 5.93. The molecule has 0 radical (unpaired) electrons. The Morgan fingerprint density at radius 1 is 1.53 bits per heavy atom. The summed E-state index contributed by atoms with van der Waals surface area (Å²) in [5.41, 5.74) is 1.77. The van der Waals surface area contributed by atoms with Crippen LogP contribution in [0.15, 0.2) is 24.3 Å². The molecule has 3 nitrogen and oxygen atoms in total. The Hall–Kier alpha value is -1.77. The molecule has 0 saturated heterocycles. The van der Waals surface area contributed by atoms with E-state index in [1.54, 1.807) is 0 Å². The number of ether oxygens (including phenoxy) is 1. The zero-order chi connectivity index (χ0) is 10.4. The van der Waals surface area contributed by atoms with Gasteiger partial charge in [-0.25, -0.2) is 0 Å². The number of nitrogens with zero attached hydrogens (tertiary/aromatic N) is 1. The SMILES string of the molecule is CC1COc2cccc3cc(C=O)n1c23. The zero-order valence-electron chi connectivity index (χ0n) is 8.43. The third-order valence-corrected chi connectivity index (χ3v) is 2.89. The lowest BCUT2D eigenvalue weighted by Gasteiger charge is -2.24. The minimum atomic E-state index is 0.220. The molecule has 0 aliphatic carbocycles. The van der Waals surface area contributed by atoms with Crippen molar-refractivity contribution in [3.63, 3.8) is 0 Å². The van der Waals surface area contributed by atoms with Crippen LogP contribution in [0.4, 0.5) is 0 Å². The fraction of sp³-hybridized carbons (Fsp3) is 0.250. The van der Waals surface area contributed by atoms with Crippen molar-refractivity contribution in [2.75, 3.05) is 6.61 Å². The predicted octanol–water partition coefficient (Wildman–Crippen LogP) is 2.41. The smallest absolute Gasteiger partial charge is 0.166 e. The van der Waals surface area contributed by atoms with Crippen LogP contribution in [-0.4, -0.2) is 17.5 Å². The van der Waals surface area contributed by atoms with Gasteiger partial charge in [-0.2, -0.15) is 0 Å². The lowest BCUT2D eigenvalue weighted by Crippen LogP contribution is -2.20. The minimum absolute atomic E-state index is 0.220. The van der Waals surface area contributed by atoms with Crippen LogP contribution < -0.4 is 4.74 Å². The summed E-state index contributed by atoms with van der Waals surface area (Å²) in [6.45, 7) is 2.68. The van der Waals surface area contributed by atoms with Crippen LogP contribution in [0.5, 0.6) is 5.75 Å². The van der Waals surface area contributed by atoms with Crippen LogP contribution in [0.3, 0.4) is 0 Å². The maximum atomic E-state index is 11.0. The van der Waals surface area contributed by atoms with Gasteiger partial charge in [-0.3, -0.25) is 4.79 Å². The monoisotopic (exact) mass is 201 g/mol. The summed E-state index contributed by atoms with van der Waals surface area (Å²) in [6, 6.07) is 8.03. The third kappa shape index (κ3) is 1.03. The average molecular weight is 201 g/mol. The van der Waals surface area contributed by atoms with Crippen molar-refractivity contribution in [1.29, 1.82) is 0 Å². The summed E-state index contributed by atoms with van der Waals surface area (Å²) in [4.78, 5) is 11.0. The van der Waals surface area contributed by atoms with Crippen molar-refractivity contribution in [2.45, 2.75) is 13.0 Å². The maximum absolute atomic E-state index is 11.0. The van der Waals surface area contributed by atoms with E-state index in [2.05, 4.69) is 11.5 Å². The molecule has 0 fully saturated rings. The first-order valence-corrected chi connectivity index (χ1v) is 5.03. The average Bonchev–Trinajstić information content (AvgIpc) is 2.64. The molecule has 15 heavy (non-hydrogen) atoms.